The summed E-state index contributed by atoms with van der Waals surface area (Å²) in [6.45, 7) is 5.77. The molecular formula is C9H20N2O3. The maximum atomic E-state index is 11.2. The van der Waals surface area contributed by atoms with E-state index in [0.717, 1.165) is 5.06 Å². The molecule has 84 valence electrons. The van der Waals surface area contributed by atoms with Crippen LogP contribution in [0.2, 0.25) is 0 Å². The molecule has 0 aromatic heterocycles. The summed E-state index contributed by atoms with van der Waals surface area (Å²) in [6.07, 6.45) is -0.843. The van der Waals surface area contributed by atoms with E-state index in [1.807, 2.05) is 20.8 Å². The first-order valence-corrected chi connectivity index (χ1v) is 4.71. The number of nitrogens with two attached hydrogens (primary N) is 1. The first kappa shape index (κ1) is 13.4. The van der Waals surface area contributed by atoms with E-state index in [-0.39, 0.29) is 24.4 Å². The Balaban J connectivity index is 3.87. The standard InChI is InChI=1S/C9H20N2O3/c1-6(2)7(3)14-9(12)5-8(10)11(4)13/h6-8,13H,5,10H2,1-4H3/t7?,8-/m1/s1. The Morgan fingerprint density at radius 2 is 2.00 bits per heavy atom. The first-order valence-electron chi connectivity index (χ1n) is 4.71. The van der Waals surface area contributed by atoms with Gasteiger partial charge in [-0.15, -0.1) is 0 Å². The molecule has 0 aromatic carbocycles. The van der Waals surface area contributed by atoms with Crippen LogP contribution in [0.1, 0.15) is 27.2 Å². The molecule has 0 spiro atoms. The lowest BCUT2D eigenvalue weighted by Gasteiger charge is -2.20. The highest BCUT2D eigenvalue weighted by molar-refractivity contribution is 5.70. The summed E-state index contributed by atoms with van der Waals surface area (Å²) in [7, 11) is 1.39. The zero-order valence-corrected chi connectivity index (χ0v) is 9.23. The van der Waals surface area contributed by atoms with E-state index in [2.05, 4.69) is 0 Å². The Hall–Kier alpha value is -0.650. The number of hydroxylamine groups is 2. The fraction of sp³-hybridized carbons (Fsp3) is 0.889. The highest BCUT2D eigenvalue weighted by Gasteiger charge is 2.17. The van der Waals surface area contributed by atoms with Gasteiger partial charge in [-0.05, 0) is 12.8 Å². The van der Waals surface area contributed by atoms with Gasteiger partial charge in [-0.2, -0.15) is 5.06 Å². The molecule has 2 atom stereocenters. The number of rotatable bonds is 5. The van der Waals surface area contributed by atoms with Crippen molar-refractivity contribution in [2.24, 2.45) is 11.7 Å². The van der Waals surface area contributed by atoms with Crippen molar-refractivity contribution in [1.29, 1.82) is 0 Å². The minimum atomic E-state index is -0.707. The minimum absolute atomic E-state index is 0.00986. The molecule has 3 N–H and O–H groups in total. The molecule has 14 heavy (non-hydrogen) atoms. The Morgan fingerprint density at radius 3 is 2.36 bits per heavy atom. The maximum Gasteiger partial charge on any atom is 0.309 e. The quantitative estimate of drug-likeness (QED) is 0.389. The van der Waals surface area contributed by atoms with Gasteiger partial charge in [0.1, 0.15) is 6.10 Å². The summed E-state index contributed by atoms with van der Waals surface area (Å²) in [5.41, 5.74) is 5.44. The van der Waals surface area contributed by atoms with E-state index in [4.69, 9.17) is 15.7 Å². The molecule has 0 aliphatic heterocycles. The largest absolute Gasteiger partial charge is 0.462 e. The lowest BCUT2D eigenvalue weighted by atomic mass is 10.1. The summed E-state index contributed by atoms with van der Waals surface area (Å²) in [5.74, 6) is -0.110. The van der Waals surface area contributed by atoms with Gasteiger partial charge in [-0.25, -0.2) is 0 Å². The van der Waals surface area contributed by atoms with Gasteiger partial charge in [0.05, 0.1) is 12.6 Å². The number of ether oxygens (including phenoxy) is 1. The molecule has 5 heteroatoms. The van der Waals surface area contributed by atoms with E-state index in [9.17, 15) is 4.79 Å². The number of carbonyl (C=O) groups excluding carboxylic acids is 1. The van der Waals surface area contributed by atoms with Gasteiger partial charge in [-0.3, -0.25) is 4.79 Å². The lowest BCUT2D eigenvalue weighted by Crippen LogP contribution is -2.39. The van der Waals surface area contributed by atoms with Gasteiger partial charge >= 0.3 is 5.97 Å². The van der Waals surface area contributed by atoms with Crippen LogP contribution in [0.25, 0.3) is 0 Å². The maximum absolute atomic E-state index is 11.2. The van der Waals surface area contributed by atoms with Crippen LogP contribution in [0, 0.1) is 5.92 Å². The molecule has 0 radical (unpaired) electrons. The highest BCUT2D eigenvalue weighted by atomic mass is 16.5. The molecule has 0 aliphatic carbocycles. The summed E-state index contributed by atoms with van der Waals surface area (Å²) >= 11 is 0. The number of nitrogens with zero attached hydrogens (tertiary/aromatic N) is 1. The van der Waals surface area contributed by atoms with E-state index >= 15 is 0 Å². The predicted molar refractivity (Wildman–Crippen MR) is 52.5 cm³/mol. The second-order valence-electron chi connectivity index (χ2n) is 3.78. The van der Waals surface area contributed by atoms with Crippen molar-refractivity contribution in [3.63, 3.8) is 0 Å². The monoisotopic (exact) mass is 204 g/mol. The number of carbonyl (C=O) groups is 1. The van der Waals surface area contributed by atoms with Gasteiger partial charge in [0.25, 0.3) is 0 Å². The zero-order valence-electron chi connectivity index (χ0n) is 9.23. The molecule has 0 fully saturated rings. The van der Waals surface area contributed by atoms with E-state index in [1.165, 1.54) is 7.05 Å². The Bertz CT molecular complexity index is 165. The summed E-state index contributed by atoms with van der Waals surface area (Å²) in [6, 6.07) is 0. The lowest BCUT2D eigenvalue weighted by molar-refractivity contribution is -0.158. The Labute approximate surface area is 84.8 Å². The third-order valence-corrected chi connectivity index (χ3v) is 2.11. The van der Waals surface area contributed by atoms with Crippen LogP contribution in [0.5, 0.6) is 0 Å². The van der Waals surface area contributed by atoms with Crippen LogP contribution < -0.4 is 5.73 Å². The van der Waals surface area contributed by atoms with Crippen LogP contribution in [0.4, 0.5) is 0 Å². The molecule has 0 amide bonds. The summed E-state index contributed by atoms with van der Waals surface area (Å²) < 4.78 is 5.08. The van der Waals surface area contributed by atoms with Crippen LogP contribution in [-0.2, 0) is 9.53 Å². The number of hydrogen-bond donors (Lipinski definition) is 2. The molecule has 0 bridgehead atoms. The molecule has 0 rings (SSSR count). The van der Waals surface area contributed by atoms with Crippen LogP contribution in [0.3, 0.4) is 0 Å². The van der Waals surface area contributed by atoms with Gasteiger partial charge in [-0.1, -0.05) is 13.8 Å². The van der Waals surface area contributed by atoms with Crippen molar-refractivity contribution >= 4 is 5.97 Å². The normalized spacial score (nSPS) is 15.7. The third-order valence-electron chi connectivity index (χ3n) is 2.11. The van der Waals surface area contributed by atoms with Crippen LogP contribution in [0.15, 0.2) is 0 Å². The SMILES string of the molecule is CC(C)C(C)OC(=O)C[C@H](N)N(C)O. The zero-order chi connectivity index (χ0) is 11.3. The second kappa shape index (κ2) is 5.95. The van der Waals surface area contributed by atoms with Crippen molar-refractivity contribution in [1.82, 2.24) is 5.06 Å². The number of esters is 1. The topological polar surface area (TPSA) is 75.8 Å². The fourth-order valence-corrected chi connectivity index (χ4v) is 0.694. The first-order chi connectivity index (χ1) is 6.34. The molecule has 0 saturated carbocycles. The number of hydrogen-bond acceptors (Lipinski definition) is 5. The highest BCUT2D eigenvalue weighted by Crippen LogP contribution is 2.07. The van der Waals surface area contributed by atoms with Gasteiger partial charge in [0.2, 0.25) is 0 Å². The van der Waals surface area contributed by atoms with Gasteiger partial charge in [0, 0.05) is 7.05 Å². The van der Waals surface area contributed by atoms with E-state index < -0.39 is 6.17 Å². The smallest absolute Gasteiger partial charge is 0.309 e. The average Bonchev–Trinajstić information content (AvgIpc) is 2.03. The van der Waals surface area contributed by atoms with E-state index in [0.29, 0.717) is 0 Å². The van der Waals surface area contributed by atoms with Crippen molar-refractivity contribution in [2.45, 2.75) is 39.5 Å². The Morgan fingerprint density at radius 1 is 1.50 bits per heavy atom. The molecular weight excluding hydrogens is 184 g/mol. The van der Waals surface area contributed by atoms with Crippen LogP contribution >= 0.6 is 0 Å². The van der Waals surface area contributed by atoms with Gasteiger partial charge in [0.15, 0.2) is 0 Å². The predicted octanol–water partition coefficient (Wildman–Crippen LogP) is 0.570. The third kappa shape index (κ3) is 5.16. The fourth-order valence-electron chi connectivity index (χ4n) is 0.694. The van der Waals surface area contributed by atoms with Crippen molar-refractivity contribution in [3.05, 3.63) is 0 Å². The molecule has 5 nitrogen and oxygen atoms in total. The van der Waals surface area contributed by atoms with Crippen LogP contribution in [-0.4, -0.2) is 35.6 Å². The average molecular weight is 204 g/mol. The van der Waals surface area contributed by atoms with E-state index in [1.54, 1.807) is 0 Å². The minimum Gasteiger partial charge on any atom is -0.462 e. The molecule has 0 saturated heterocycles. The molecule has 0 aliphatic rings. The van der Waals surface area contributed by atoms with Crippen molar-refractivity contribution in [3.8, 4) is 0 Å². The molecule has 0 aromatic rings. The molecule has 0 heterocycles. The van der Waals surface area contributed by atoms with Crippen molar-refractivity contribution in [2.75, 3.05) is 7.05 Å². The van der Waals surface area contributed by atoms with Gasteiger partial charge < -0.3 is 15.7 Å². The van der Waals surface area contributed by atoms with Crippen molar-refractivity contribution < 1.29 is 14.7 Å². The summed E-state index contributed by atoms with van der Waals surface area (Å²) in [5, 5.41) is 9.71. The molecule has 1 unspecified atom stereocenters. The Kier molecular flexibility index (Phi) is 5.68. The summed E-state index contributed by atoms with van der Waals surface area (Å²) in [4.78, 5) is 11.2. The second-order valence-corrected chi connectivity index (χ2v) is 3.78.